The van der Waals surface area contributed by atoms with E-state index in [-0.39, 0.29) is 12.6 Å². The van der Waals surface area contributed by atoms with Crippen molar-refractivity contribution in [1.29, 1.82) is 0 Å². The first-order valence-electron chi connectivity index (χ1n) is 7.84. The number of rotatable bonds is 6. The molecule has 0 aliphatic heterocycles. The van der Waals surface area contributed by atoms with Crippen LogP contribution in [0.25, 0.3) is 0 Å². The molecule has 0 atom stereocenters. The van der Waals surface area contributed by atoms with Crippen LogP contribution in [0.2, 0.25) is 0 Å². The first-order chi connectivity index (χ1) is 11.4. The zero-order valence-electron chi connectivity index (χ0n) is 14.3. The lowest BCUT2D eigenvalue weighted by Gasteiger charge is -2.29. The first kappa shape index (κ1) is 18.4. The number of hydrogen-bond acceptors (Lipinski definition) is 3. The van der Waals surface area contributed by atoms with E-state index in [1.807, 2.05) is 60.9 Å². The van der Waals surface area contributed by atoms with E-state index in [0.717, 1.165) is 16.1 Å². The van der Waals surface area contributed by atoms with Gasteiger partial charge >= 0.3 is 6.03 Å². The van der Waals surface area contributed by atoms with Crippen LogP contribution in [0.1, 0.15) is 19.4 Å². The third kappa shape index (κ3) is 5.91. The summed E-state index contributed by atoms with van der Waals surface area (Å²) in [5.74, 6) is 0. The molecule has 4 nitrogen and oxygen atoms in total. The Labute approximate surface area is 147 Å². The molecule has 128 valence electrons. The number of benzene rings is 2. The average molecular weight is 344 g/mol. The number of aliphatic hydroxyl groups is 1. The second kappa shape index (κ2) is 8.22. The Balaban J connectivity index is 2.10. The second-order valence-electron chi connectivity index (χ2n) is 6.31. The van der Waals surface area contributed by atoms with E-state index in [1.165, 1.54) is 0 Å². The maximum Gasteiger partial charge on any atom is 0.322 e. The quantitative estimate of drug-likeness (QED) is 0.772. The zero-order valence-corrected chi connectivity index (χ0v) is 15.1. The Kier molecular flexibility index (Phi) is 6.29. The van der Waals surface area contributed by atoms with Gasteiger partial charge in [-0.15, -0.1) is 11.8 Å². The monoisotopic (exact) mass is 344 g/mol. The van der Waals surface area contributed by atoms with E-state index >= 15 is 0 Å². The van der Waals surface area contributed by atoms with Crippen LogP contribution in [-0.4, -0.2) is 34.4 Å². The van der Waals surface area contributed by atoms with Gasteiger partial charge in [-0.1, -0.05) is 30.3 Å². The van der Waals surface area contributed by atoms with Gasteiger partial charge in [-0.2, -0.15) is 0 Å². The van der Waals surface area contributed by atoms with Crippen LogP contribution in [-0.2, 0) is 6.54 Å². The molecule has 0 aliphatic rings. The molecule has 0 aliphatic carbocycles. The summed E-state index contributed by atoms with van der Waals surface area (Å²) in [4.78, 5) is 15.4. The number of thioether (sulfide) groups is 1. The summed E-state index contributed by atoms with van der Waals surface area (Å²) >= 11 is 1.66. The highest BCUT2D eigenvalue weighted by atomic mass is 32.2. The molecular weight excluding hydrogens is 320 g/mol. The molecule has 0 fully saturated rings. The van der Waals surface area contributed by atoms with Gasteiger partial charge in [-0.05, 0) is 49.9 Å². The molecule has 2 aromatic carbocycles. The fourth-order valence-electron chi connectivity index (χ4n) is 2.35. The molecule has 0 radical (unpaired) electrons. The van der Waals surface area contributed by atoms with Crippen molar-refractivity contribution in [3.63, 3.8) is 0 Å². The molecule has 0 unspecified atom stereocenters. The van der Waals surface area contributed by atoms with Crippen molar-refractivity contribution in [3.8, 4) is 0 Å². The highest BCUT2D eigenvalue weighted by Gasteiger charge is 2.22. The van der Waals surface area contributed by atoms with Gasteiger partial charge in [-0.25, -0.2) is 4.79 Å². The van der Waals surface area contributed by atoms with Crippen LogP contribution >= 0.6 is 11.8 Å². The largest absolute Gasteiger partial charge is 0.389 e. The minimum atomic E-state index is -0.963. The highest BCUT2D eigenvalue weighted by Crippen LogP contribution is 2.18. The van der Waals surface area contributed by atoms with Crippen LogP contribution in [0.15, 0.2) is 59.5 Å². The van der Waals surface area contributed by atoms with Crippen molar-refractivity contribution >= 4 is 23.5 Å². The molecule has 2 rings (SSSR count). The van der Waals surface area contributed by atoms with E-state index in [2.05, 4.69) is 5.32 Å². The molecule has 0 bridgehead atoms. The zero-order chi connectivity index (χ0) is 17.6. The van der Waals surface area contributed by atoms with Gasteiger partial charge in [0.2, 0.25) is 0 Å². The van der Waals surface area contributed by atoms with Crippen LogP contribution < -0.4 is 5.32 Å². The smallest absolute Gasteiger partial charge is 0.322 e. The van der Waals surface area contributed by atoms with E-state index in [4.69, 9.17) is 0 Å². The fourth-order valence-corrected chi connectivity index (χ4v) is 2.76. The number of carbonyl (C=O) groups excluding carboxylic acids is 1. The predicted octanol–water partition coefficient (Wildman–Crippen LogP) is 4.21. The molecule has 0 saturated carbocycles. The third-order valence-electron chi connectivity index (χ3n) is 3.42. The number of nitrogens with zero attached hydrogens (tertiary/aromatic N) is 1. The molecule has 24 heavy (non-hydrogen) atoms. The maximum atomic E-state index is 12.6. The van der Waals surface area contributed by atoms with Crippen LogP contribution in [0, 0.1) is 0 Å². The van der Waals surface area contributed by atoms with Gasteiger partial charge in [0.05, 0.1) is 12.1 Å². The second-order valence-corrected chi connectivity index (χ2v) is 7.19. The Morgan fingerprint density at radius 1 is 1.12 bits per heavy atom. The van der Waals surface area contributed by atoms with Gasteiger partial charge in [0.25, 0.3) is 0 Å². The Morgan fingerprint density at radius 2 is 1.75 bits per heavy atom. The normalized spacial score (nSPS) is 11.2. The molecule has 0 aromatic heterocycles. The number of amides is 2. The summed E-state index contributed by atoms with van der Waals surface area (Å²) in [5, 5.41) is 13.0. The number of nitrogens with one attached hydrogen (secondary N) is 1. The maximum absolute atomic E-state index is 12.6. The lowest BCUT2D eigenvalue weighted by Crippen LogP contribution is -2.43. The van der Waals surface area contributed by atoms with Gasteiger partial charge in [-0.3, -0.25) is 0 Å². The lowest BCUT2D eigenvalue weighted by atomic mass is 10.1. The van der Waals surface area contributed by atoms with E-state index in [9.17, 15) is 9.90 Å². The highest BCUT2D eigenvalue weighted by molar-refractivity contribution is 7.98. The topological polar surface area (TPSA) is 52.6 Å². The number of anilines is 1. The van der Waals surface area contributed by atoms with Crippen LogP contribution in [0.4, 0.5) is 10.5 Å². The third-order valence-corrected chi connectivity index (χ3v) is 4.17. The van der Waals surface area contributed by atoms with Gasteiger partial charge in [0.1, 0.15) is 0 Å². The molecule has 2 amide bonds. The molecule has 0 heterocycles. The van der Waals surface area contributed by atoms with Crippen molar-refractivity contribution in [3.05, 3.63) is 60.2 Å². The molecule has 0 spiro atoms. The lowest BCUT2D eigenvalue weighted by molar-refractivity contribution is 0.0469. The van der Waals surface area contributed by atoms with Crippen LogP contribution in [0.5, 0.6) is 0 Å². The SMILES string of the molecule is CSc1ccc(NC(=O)N(Cc2ccccc2)CC(C)(C)O)cc1. The summed E-state index contributed by atoms with van der Waals surface area (Å²) in [7, 11) is 0. The van der Waals surface area contributed by atoms with Crippen LogP contribution in [0.3, 0.4) is 0 Å². The van der Waals surface area contributed by atoms with Gasteiger partial charge in [0, 0.05) is 17.1 Å². The minimum Gasteiger partial charge on any atom is -0.389 e. The number of carbonyl (C=O) groups is 1. The summed E-state index contributed by atoms with van der Waals surface area (Å²) < 4.78 is 0. The first-order valence-corrected chi connectivity index (χ1v) is 9.06. The van der Waals surface area contributed by atoms with E-state index in [0.29, 0.717) is 6.54 Å². The number of urea groups is 1. The fraction of sp³-hybridized carbons (Fsp3) is 0.316. The average Bonchev–Trinajstić information content (AvgIpc) is 2.54. The summed E-state index contributed by atoms with van der Waals surface area (Å²) in [6, 6.07) is 17.2. The Hall–Kier alpha value is -1.98. The number of hydrogen-bond donors (Lipinski definition) is 2. The standard InChI is InChI=1S/C19H24N2O2S/c1-19(2,23)14-21(13-15-7-5-4-6-8-15)18(22)20-16-9-11-17(24-3)12-10-16/h4-12,23H,13-14H2,1-3H3,(H,20,22). The van der Waals surface area contributed by atoms with Gasteiger partial charge in [0.15, 0.2) is 0 Å². The predicted molar refractivity (Wildman–Crippen MR) is 100 cm³/mol. The van der Waals surface area contributed by atoms with E-state index in [1.54, 1.807) is 30.5 Å². The summed E-state index contributed by atoms with van der Waals surface area (Å²) in [6.45, 7) is 4.09. The molecule has 5 heteroatoms. The molecule has 2 aromatic rings. The Bertz CT molecular complexity index is 651. The van der Waals surface area contributed by atoms with Crippen molar-refractivity contribution in [2.45, 2.75) is 30.9 Å². The summed E-state index contributed by atoms with van der Waals surface area (Å²) in [6.07, 6.45) is 2.01. The molecule has 2 N–H and O–H groups in total. The van der Waals surface area contributed by atoms with E-state index < -0.39 is 5.60 Å². The van der Waals surface area contributed by atoms with Crippen molar-refractivity contribution in [1.82, 2.24) is 4.90 Å². The molecular formula is C19H24N2O2S. The summed E-state index contributed by atoms with van der Waals surface area (Å²) in [5.41, 5.74) is 0.802. The van der Waals surface area contributed by atoms with Gasteiger partial charge < -0.3 is 15.3 Å². The van der Waals surface area contributed by atoms with Crippen molar-refractivity contribution in [2.75, 3.05) is 18.1 Å². The van der Waals surface area contributed by atoms with Crippen molar-refractivity contribution in [2.24, 2.45) is 0 Å². The molecule has 0 saturated heterocycles. The van der Waals surface area contributed by atoms with Crippen molar-refractivity contribution < 1.29 is 9.90 Å². The minimum absolute atomic E-state index is 0.224. The Morgan fingerprint density at radius 3 is 2.29 bits per heavy atom.